The van der Waals surface area contributed by atoms with E-state index in [2.05, 4.69) is 17.3 Å². The molecular formula is C13H18N2O. The number of hydrogen-bond acceptors (Lipinski definition) is 3. The van der Waals surface area contributed by atoms with Gasteiger partial charge >= 0.3 is 0 Å². The lowest BCUT2D eigenvalue weighted by Gasteiger charge is -2.45. The molecule has 0 unspecified atom stereocenters. The van der Waals surface area contributed by atoms with E-state index in [1.165, 1.54) is 25.7 Å². The Kier molecular flexibility index (Phi) is 2.03. The summed E-state index contributed by atoms with van der Waals surface area (Å²) >= 11 is 0. The van der Waals surface area contributed by atoms with Crippen LogP contribution in [0.15, 0.2) is 18.2 Å². The van der Waals surface area contributed by atoms with Crippen molar-refractivity contribution in [2.75, 3.05) is 23.8 Å². The van der Waals surface area contributed by atoms with Crippen LogP contribution in [0.3, 0.4) is 0 Å². The Balaban J connectivity index is 2.03. The van der Waals surface area contributed by atoms with Crippen LogP contribution in [0.5, 0.6) is 5.75 Å². The minimum atomic E-state index is 0.279. The molecule has 1 aliphatic heterocycles. The number of likely N-dealkylation sites (N-methyl/N-ethyl adjacent to an activating group) is 1. The summed E-state index contributed by atoms with van der Waals surface area (Å²) in [6, 6.07) is 5.57. The van der Waals surface area contributed by atoms with Crippen molar-refractivity contribution in [2.45, 2.75) is 31.2 Å². The normalized spacial score (nSPS) is 21.9. The summed E-state index contributed by atoms with van der Waals surface area (Å²) in [7, 11) is 2.16. The molecule has 2 aliphatic rings. The fourth-order valence-corrected chi connectivity index (χ4v) is 3.13. The lowest BCUT2D eigenvalue weighted by atomic mass is 9.92. The molecule has 0 bridgehead atoms. The molecule has 0 atom stereocenters. The molecule has 3 rings (SSSR count). The number of anilines is 2. The molecule has 3 heteroatoms. The highest BCUT2D eigenvalue weighted by Crippen LogP contribution is 2.44. The number of phenolic OH excluding ortho intramolecular Hbond substituents is 1. The number of fused-ring (bicyclic) bond motifs is 1. The van der Waals surface area contributed by atoms with Crippen LogP contribution in [0.1, 0.15) is 25.7 Å². The smallest absolute Gasteiger partial charge is 0.117 e. The van der Waals surface area contributed by atoms with Crippen LogP contribution in [0.2, 0.25) is 0 Å². The fraction of sp³-hybridized carbons (Fsp3) is 0.538. The van der Waals surface area contributed by atoms with Gasteiger partial charge in [-0.1, -0.05) is 12.8 Å². The molecule has 3 nitrogen and oxygen atoms in total. The Hall–Kier alpha value is -1.38. The van der Waals surface area contributed by atoms with Crippen molar-refractivity contribution >= 4 is 11.4 Å². The van der Waals surface area contributed by atoms with Crippen molar-refractivity contribution in [1.29, 1.82) is 0 Å². The molecule has 0 radical (unpaired) electrons. The van der Waals surface area contributed by atoms with Gasteiger partial charge in [0.15, 0.2) is 0 Å². The highest BCUT2D eigenvalue weighted by atomic mass is 16.3. The topological polar surface area (TPSA) is 35.5 Å². The molecule has 86 valence electrons. The van der Waals surface area contributed by atoms with Crippen LogP contribution in [0.25, 0.3) is 0 Å². The number of rotatable bonds is 0. The molecule has 1 fully saturated rings. The van der Waals surface area contributed by atoms with E-state index in [1.807, 2.05) is 12.1 Å². The van der Waals surface area contributed by atoms with Gasteiger partial charge in [0.1, 0.15) is 5.75 Å². The first-order valence-electron chi connectivity index (χ1n) is 6.02. The molecule has 0 amide bonds. The van der Waals surface area contributed by atoms with Gasteiger partial charge in [-0.2, -0.15) is 0 Å². The maximum atomic E-state index is 9.58. The van der Waals surface area contributed by atoms with Gasteiger partial charge in [-0.25, -0.2) is 0 Å². The molecule has 2 N–H and O–H groups in total. The summed E-state index contributed by atoms with van der Waals surface area (Å²) in [4.78, 5) is 2.37. The van der Waals surface area contributed by atoms with Crippen molar-refractivity contribution in [3.63, 3.8) is 0 Å². The third kappa shape index (κ3) is 1.27. The quantitative estimate of drug-likeness (QED) is 0.657. The summed E-state index contributed by atoms with van der Waals surface area (Å²) < 4.78 is 0. The first-order chi connectivity index (χ1) is 7.71. The molecule has 0 saturated heterocycles. The highest BCUT2D eigenvalue weighted by molar-refractivity contribution is 5.75. The third-order valence-electron chi connectivity index (χ3n) is 4.20. The van der Waals surface area contributed by atoms with Crippen molar-refractivity contribution < 1.29 is 5.11 Å². The van der Waals surface area contributed by atoms with Gasteiger partial charge in [0.2, 0.25) is 0 Å². The summed E-state index contributed by atoms with van der Waals surface area (Å²) in [5.74, 6) is 0.349. The maximum Gasteiger partial charge on any atom is 0.117 e. The summed E-state index contributed by atoms with van der Waals surface area (Å²) in [5, 5.41) is 13.1. The first kappa shape index (κ1) is 9.82. The number of phenols is 1. The second kappa shape index (κ2) is 3.30. The molecule has 16 heavy (non-hydrogen) atoms. The molecule has 1 saturated carbocycles. The van der Waals surface area contributed by atoms with E-state index in [1.54, 1.807) is 6.07 Å². The van der Waals surface area contributed by atoms with E-state index in [-0.39, 0.29) is 5.54 Å². The van der Waals surface area contributed by atoms with E-state index in [0.717, 1.165) is 17.9 Å². The molecule has 0 aromatic heterocycles. The number of benzene rings is 1. The predicted octanol–water partition coefficient (Wildman–Crippen LogP) is 2.57. The van der Waals surface area contributed by atoms with Gasteiger partial charge in [-0.15, -0.1) is 0 Å². The van der Waals surface area contributed by atoms with Crippen LogP contribution >= 0.6 is 0 Å². The zero-order valence-electron chi connectivity index (χ0n) is 9.66. The van der Waals surface area contributed by atoms with Gasteiger partial charge in [0.05, 0.1) is 16.9 Å². The summed E-state index contributed by atoms with van der Waals surface area (Å²) in [5.41, 5.74) is 2.55. The van der Waals surface area contributed by atoms with Gasteiger partial charge in [0.25, 0.3) is 0 Å². The second-order valence-electron chi connectivity index (χ2n) is 5.05. The minimum absolute atomic E-state index is 0.279. The second-order valence-corrected chi connectivity index (χ2v) is 5.05. The van der Waals surface area contributed by atoms with E-state index < -0.39 is 0 Å². The maximum absolute atomic E-state index is 9.58. The standard InChI is InChI=1S/C13H18N2O/c1-15-12-8-10(16)4-5-11(12)14-9-13(15)6-2-3-7-13/h4-5,8,14,16H,2-3,6-7,9H2,1H3. The Morgan fingerprint density at radius 3 is 2.81 bits per heavy atom. The number of aromatic hydroxyl groups is 1. The number of hydrogen-bond donors (Lipinski definition) is 2. The van der Waals surface area contributed by atoms with Gasteiger partial charge in [0, 0.05) is 19.7 Å². The van der Waals surface area contributed by atoms with Crippen molar-refractivity contribution in [1.82, 2.24) is 0 Å². The molecule has 1 aliphatic carbocycles. The average Bonchev–Trinajstić information content (AvgIpc) is 2.75. The van der Waals surface area contributed by atoms with E-state index in [4.69, 9.17) is 0 Å². The lowest BCUT2D eigenvalue weighted by molar-refractivity contribution is 0.426. The minimum Gasteiger partial charge on any atom is -0.508 e. The molecule has 1 heterocycles. The summed E-state index contributed by atoms with van der Waals surface area (Å²) in [6.45, 7) is 1.03. The molecule has 1 aromatic rings. The van der Waals surface area contributed by atoms with Crippen molar-refractivity contribution in [2.24, 2.45) is 0 Å². The Bertz CT molecular complexity index is 410. The van der Waals surface area contributed by atoms with Crippen LogP contribution in [-0.4, -0.2) is 24.2 Å². The van der Waals surface area contributed by atoms with Crippen LogP contribution < -0.4 is 10.2 Å². The Labute approximate surface area is 96.1 Å². The van der Waals surface area contributed by atoms with E-state index in [9.17, 15) is 5.11 Å². The highest BCUT2D eigenvalue weighted by Gasteiger charge is 2.41. The van der Waals surface area contributed by atoms with Crippen LogP contribution in [0.4, 0.5) is 11.4 Å². The van der Waals surface area contributed by atoms with Gasteiger partial charge in [-0.05, 0) is 25.0 Å². The van der Waals surface area contributed by atoms with Crippen molar-refractivity contribution in [3.05, 3.63) is 18.2 Å². The van der Waals surface area contributed by atoms with Gasteiger partial charge in [-0.3, -0.25) is 0 Å². The van der Waals surface area contributed by atoms with Crippen molar-refractivity contribution in [3.8, 4) is 5.75 Å². The fourth-order valence-electron chi connectivity index (χ4n) is 3.13. The summed E-state index contributed by atoms with van der Waals surface area (Å²) in [6.07, 6.45) is 5.15. The third-order valence-corrected chi connectivity index (χ3v) is 4.20. The zero-order chi connectivity index (χ0) is 11.2. The largest absolute Gasteiger partial charge is 0.508 e. The molecular weight excluding hydrogens is 200 g/mol. The SMILES string of the molecule is CN1c2cc(O)ccc2NCC12CCCC2. The average molecular weight is 218 g/mol. The number of nitrogens with one attached hydrogen (secondary N) is 1. The first-order valence-corrected chi connectivity index (χ1v) is 6.02. The van der Waals surface area contributed by atoms with Crippen LogP contribution in [-0.2, 0) is 0 Å². The zero-order valence-corrected chi connectivity index (χ0v) is 9.66. The predicted molar refractivity (Wildman–Crippen MR) is 66.2 cm³/mol. The Morgan fingerprint density at radius 2 is 2.06 bits per heavy atom. The van der Waals surface area contributed by atoms with Gasteiger partial charge < -0.3 is 15.3 Å². The van der Waals surface area contributed by atoms with Crippen LogP contribution in [0, 0.1) is 0 Å². The van der Waals surface area contributed by atoms with E-state index in [0.29, 0.717) is 5.75 Å². The molecule has 1 spiro atoms. The monoisotopic (exact) mass is 218 g/mol. The Morgan fingerprint density at radius 1 is 1.31 bits per heavy atom. The van der Waals surface area contributed by atoms with E-state index >= 15 is 0 Å². The number of nitrogens with zero attached hydrogens (tertiary/aromatic N) is 1. The molecule has 1 aromatic carbocycles. The lowest BCUT2D eigenvalue weighted by Crippen LogP contribution is -2.52.